The molecule has 6 fully saturated rings. The summed E-state index contributed by atoms with van der Waals surface area (Å²) in [6.45, 7) is 7.92. The van der Waals surface area contributed by atoms with Crippen molar-refractivity contribution >= 4 is 17.5 Å². The summed E-state index contributed by atoms with van der Waals surface area (Å²) in [6, 6.07) is 3.16. The molecule has 8 nitrogen and oxygen atoms in total. The van der Waals surface area contributed by atoms with E-state index in [9.17, 15) is 24.6 Å². The number of nitrogens with zero attached hydrogens (tertiary/aromatic N) is 1. The van der Waals surface area contributed by atoms with Gasteiger partial charge in [-0.05, 0) is 48.3 Å². The van der Waals surface area contributed by atoms with Gasteiger partial charge in [-0.25, -0.2) is 4.79 Å². The van der Waals surface area contributed by atoms with Crippen molar-refractivity contribution < 1.29 is 34.1 Å². The first kappa shape index (κ1) is 22.1. The van der Waals surface area contributed by atoms with Crippen molar-refractivity contribution in [3.63, 3.8) is 0 Å². The highest BCUT2D eigenvalue weighted by molar-refractivity contribution is 6.06. The number of esters is 1. The molecule has 180 valence electrons. The van der Waals surface area contributed by atoms with Crippen LogP contribution in [0.25, 0.3) is 0 Å². The molecule has 2 spiro atoms. The molecule has 2 aliphatic heterocycles. The Hall–Kier alpha value is -2.42. The number of aliphatic hydroxyl groups excluding tert-OH is 1. The third-order valence-corrected chi connectivity index (χ3v) is 9.75. The van der Waals surface area contributed by atoms with Crippen molar-refractivity contribution in [3.8, 4) is 0 Å². The van der Waals surface area contributed by atoms with Crippen molar-refractivity contribution in [3.05, 3.63) is 42.2 Å². The Balaban J connectivity index is 1.55. The fourth-order valence-electron chi connectivity index (χ4n) is 8.43. The van der Waals surface area contributed by atoms with E-state index in [1.807, 2.05) is 13.8 Å². The molecular weight excluding hydrogens is 438 g/mol. The first-order valence-electron chi connectivity index (χ1n) is 12.0. The predicted molar refractivity (Wildman–Crippen MR) is 117 cm³/mol. The van der Waals surface area contributed by atoms with Gasteiger partial charge in [0.1, 0.15) is 23.4 Å². The normalized spacial score (nSPS) is 46.1. The molecule has 8 atom stereocenters. The minimum atomic E-state index is -2.30. The summed E-state index contributed by atoms with van der Waals surface area (Å²) < 4.78 is 11.9. The number of hydrogen-bond donors (Lipinski definition) is 2. The number of fused-ring (bicyclic) bond motifs is 2. The number of carbonyl (C=O) groups excluding carboxylic acids is 3. The zero-order valence-corrected chi connectivity index (χ0v) is 19.3. The maximum absolute atomic E-state index is 14.0. The van der Waals surface area contributed by atoms with Crippen LogP contribution in [-0.4, -0.2) is 57.3 Å². The molecule has 1 aromatic heterocycles. The lowest BCUT2D eigenvalue weighted by Crippen LogP contribution is -2.85. The SMILES string of the molecule is C=C1C(=O)[C@]23[C@H](OC(=O)c4cccnc4)[C@H]1CC[C@H]2[C@@]12CO[C@]3(O)[C@@H](O)[C@@H]1C(C)(C)CCC2=O. The van der Waals surface area contributed by atoms with Crippen LogP contribution >= 0.6 is 0 Å². The maximum atomic E-state index is 14.0. The lowest BCUT2D eigenvalue weighted by atomic mass is 9.36. The molecule has 8 heteroatoms. The third-order valence-electron chi connectivity index (χ3n) is 9.75. The number of rotatable bonds is 2. The van der Waals surface area contributed by atoms with E-state index in [0.717, 1.165) is 0 Å². The van der Waals surface area contributed by atoms with Gasteiger partial charge < -0.3 is 19.7 Å². The van der Waals surface area contributed by atoms with E-state index in [1.54, 1.807) is 12.1 Å². The van der Waals surface area contributed by atoms with Gasteiger partial charge in [-0.3, -0.25) is 14.6 Å². The van der Waals surface area contributed by atoms with Gasteiger partial charge in [-0.2, -0.15) is 0 Å². The average Bonchev–Trinajstić information content (AvgIpc) is 2.93. The van der Waals surface area contributed by atoms with E-state index in [1.165, 1.54) is 12.4 Å². The summed E-state index contributed by atoms with van der Waals surface area (Å²) in [4.78, 5) is 44.7. The fraction of sp³-hybridized carbons (Fsp3) is 0.615. The van der Waals surface area contributed by atoms with Crippen molar-refractivity contribution in [1.29, 1.82) is 0 Å². The lowest BCUT2D eigenvalue weighted by Gasteiger charge is -2.72. The summed E-state index contributed by atoms with van der Waals surface area (Å²) in [6.07, 6.45) is 2.16. The minimum absolute atomic E-state index is 0.0527. The monoisotopic (exact) mass is 467 g/mol. The van der Waals surface area contributed by atoms with Crippen LogP contribution in [0.2, 0.25) is 0 Å². The van der Waals surface area contributed by atoms with Gasteiger partial charge in [0.05, 0.1) is 17.6 Å². The van der Waals surface area contributed by atoms with Gasteiger partial charge in [-0.15, -0.1) is 0 Å². The fourth-order valence-corrected chi connectivity index (χ4v) is 8.43. The van der Waals surface area contributed by atoms with Gasteiger partial charge in [0.25, 0.3) is 0 Å². The smallest absolute Gasteiger partial charge is 0.340 e. The van der Waals surface area contributed by atoms with E-state index in [2.05, 4.69) is 11.6 Å². The van der Waals surface area contributed by atoms with Crippen molar-refractivity contribution in [2.45, 2.75) is 57.5 Å². The first-order valence-corrected chi connectivity index (χ1v) is 12.0. The number of Topliss-reactive ketones (excluding diaryl/α,β-unsaturated/α-hetero) is 2. The highest BCUT2D eigenvalue weighted by Crippen LogP contribution is 2.76. The molecule has 4 saturated carbocycles. The van der Waals surface area contributed by atoms with Gasteiger partial charge in [-0.1, -0.05) is 20.4 Å². The molecule has 0 unspecified atom stereocenters. The van der Waals surface area contributed by atoms with Gasteiger partial charge in [0.15, 0.2) is 5.78 Å². The second kappa shape index (κ2) is 6.62. The average molecular weight is 468 g/mol. The lowest BCUT2D eigenvalue weighted by molar-refractivity contribution is -0.436. The Morgan fingerprint density at radius 3 is 2.76 bits per heavy atom. The Labute approximate surface area is 197 Å². The molecule has 6 aliphatic rings. The number of hydrogen-bond acceptors (Lipinski definition) is 8. The number of ether oxygens (including phenoxy) is 2. The highest BCUT2D eigenvalue weighted by atomic mass is 16.6. The highest BCUT2D eigenvalue weighted by Gasteiger charge is 2.88. The van der Waals surface area contributed by atoms with Gasteiger partial charge >= 0.3 is 5.97 Å². The molecule has 0 radical (unpaired) electrons. The van der Waals surface area contributed by atoms with E-state index in [-0.39, 0.29) is 23.5 Å². The number of ketones is 2. The Morgan fingerprint density at radius 1 is 1.29 bits per heavy atom. The van der Waals surface area contributed by atoms with E-state index in [4.69, 9.17) is 9.47 Å². The summed E-state index contributed by atoms with van der Waals surface area (Å²) in [5.41, 5.74) is -2.93. The summed E-state index contributed by atoms with van der Waals surface area (Å²) in [7, 11) is 0. The van der Waals surface area contributed by atoms with Crippen LogP contribution in [0.5, 0.6) is 0 Å². The molecule has 4 bridgehead atoms. The second-order valence-electron chi connectivity index (χ2n) is 11.4. The quantitative estimate of drug-likeness (QED) is 0.499. The van der Waals surface area contributed by atoms with E-state index in [0.29, 0.717) is 25.7 Å². The van der Waals surface area contributed by atoms with Crippen LogP contribution in [0.15, 0.2) is 36.7 Å². The summed E-state index contributed by atoms with van der Waals surface area (Å²) >= 11 is 0. The zero-order chi connectivity index (χ0) is 24.3. The minimum Gasteiger partial charge on any atom is -0.457 e. The van der Waals surface area contributed by atoms with Gasteiger partial charge in [0, 0.05) is 30.7 Å². The number of pyridine rings is 1. The first-order chi connectivity index (χ1) is 16.0. The second-order valence-corrected chi connectivity index (χ2v) is 11.4. The number of aromatic nitrogens is 1. The molecule has 7 rings (SSSR count). The molecule has 0 aromatic carbocycles. The molecule has 2 saturated heterocycles. The van der Waals surface area contributed by atoms with Crippen LogP contribution in [0.1, 0.15) is 49.9 Å². The predicted octanol–water partition coefficient (Wildman–Crippen LogP) is 1.84. The zero-order valence-electron chi connectivity index (χ0n) is 19.3. The molecule has 2 N–H and O–H groups in total. The molecule has 3 heterocycles. The maximum Gasteiger partial charge on any atom is 0.340 e. The topological polar surface area (TPSA) is 123 Å². The van der Waals surface area contributed by atoms with Crippen LogP contribution in [0, 0.1) is 34.0 Å². The molecular formula is C26H29NO7. The van der Waals surface area contributed by atoms with Crippen LogP contribution < -0.4 is 0 Å². The Kier molecular flexibility index (Phi) is 4.30. The molecule has 34 heavy (non-hydrogen) atoms. The van der Waals surface area contributed by atoms with Gasteiger partial charge in [0.2, 0.25) is 5.79 Å². The van der Waals surface area contributed by atoms with Crippen LogP contribution in [-0.2, 0) is 19.1 Å². The van der Waals surface area contributed by atoms with E-state index >= 15 is 0 Å². The number of aliphatic hydroxyl groups is 2. The van der Waals surface area contributed by atoms with Crippen molar-refractivity contribution in [2.24, 2.45) is 34.0 Å². The Bertz CT molecular complexity index is 1130. The van der Waals surface area contributed by atoms with Crippen molar-refractivity contribution in [1.82, 2.24) is 4.98 Å². The van der Waals surface area contributed by atoms with Crippen LogP contribution in [0.4, 0.5) is 0 Å². The summed E-state index contributed by atoms with van der Waals surface area (Å²) in [5, 5.41) is 23.8. The summed E-state index contributed by atoms with van der Waals surface area (Å²) in [5.74, 6) is -5.24. The largest absolute Gasteiger partial charge is 0.457 e. The van der Waals surface area contributed by atoms with Crippen LogP contribution in [0.3, 0.4) is 0 Å². The molecule has 4 aliphatic carbocycles. The van der Waals surface area contributed by atoms with E-state index < -0.39 is 63.7 Å². The van der Waals surface area contributed by atoms with Crippen molar-refractivity contribution in [2.75, 3.05) is 6.61 Å². The molecule has 1 aromatic rings. The molecule has 0 amide bonds. The third kappa shape index (κ3) is 2.21. The standard InChI is InChI=1S/C26H29NO7/c1-13-15-6-7-16-24-12-33-26(32,20(30)18(24)23(2,3)9-8-17(24)28)25(16,19(13)29)21(15)34-22(31)14-5-4-10-27-11-14/h4-5,10-11,15-16,18,20-21,30,32H,1,6-9,12H2,2-3H3/t15-,16-,18+,20-,21+,24+,25-,26+/m0/s1. The number of carbonyl (C=O) groups is 3. The Morgan fingerprint density at radius 2 is 2.06 bits per heavy atom.